The third kappa shape index (κ3) is 2.62. The summed E-state index contributed by atoms with van der Waals surface area (Å²) < 4.78 is 39.9. The molecule has 120 valence electrons. The van der Waals surface area contributed by atoms with Crippen molar-refractivity contribution in [3.63, 3.8) is 0 Å². The van der Waals surface area contributed by atoms with E-state index in [0.717, 1.165) is 26.0 Å². The molecule has 0 unspecified atom stereocenters. The summed E-state index contributed by atoms with van der Waals surface area (Å²) in [6.07, 6.45) is 1.60. The van der Waals surface area contributed by atoms with Crippen molar-refractivity contribution in [2.24, 2.45) is 0 Å². The van der Waals surface area contributed by atoms with Crippen LogP contribution in [-0.2, 0) is 6.18 Å². The summed E-state index contributed by atoms with van der Waals surface area (Å²) in [5, 5.41) is 4.30. The Morgan fingerprint density at radius 2 is 2.00 bits per heavy atom. The number of rotatable bonds is 2. The van der Waals surface area contributed by atoms with Gasteiger partial charge in [-0.05, 0) is 24.3 Å². The number of thiazole rings is 1. The number of aromatic nitrogens is 5. The number of hydrogen-bond acceptors (Lipinski definition) is 5. The fourth-order valence-electron chi connectivity index (χ4n) is 2.17. The zero-order chi connectivity index (χ0) is 16.7. The van der Waals surface area contributed by atoms with Crippen molar-refractivity contribution in [2.45, 2.75) is 6.18 Å². The van der Waals surface area contributed by atoms with E-state index in [4.69, 9.17) is 0 Å². The van der Waals surface area contributed by atoms with Gasteiger partial charge in [0.1, 0.15) is 5.01 Å². The molecule has 4 rings (SSSR count). The maximum atomic E-state index is 12.7. The lowest BCUT2D eigenvalue weighted by Gasteiger charge is -2.02. The highest BCUT2D eigenvalue weighted by molar-refractivity contribution is 7.21. The molecule has 0 spiro atoms. The molecule has 4 aromatic rings. The Hall–Kier alpha value is -2.81. The molecular formula is C15H8F3N5S. The van der Waals surface area contributed by atoms with E-state index in [0.29, 0.717) is 11.3 Å². The first-order valence-electron chi connectivity index (χ1n) is 6.81. The summed E-state index contributed by atoms with van der Waals surface area (Å²) in [4.78, 5) is 12.7. The molecule has 0 bridgehead atoms. The summed E-state index contributed by atoms with van der Waals surface area (Å²) in [6, 6.07) is 6.34. The van der Waals surface area contributed by atoms with E-state index in [1.165, 1.54) is 23.7 Å². The van der Waals surface area contributed by atoms with Crippen LogP contribution in [-0.4, -0.2) is 24.7 Å². The van der Waals surface area contributed by atoms with E-state index < -0.39 is 11.9 Å². The van der Waals surface area contributed by atoms with Crippen LogP contribution in [0.3, 0.4) is 0 Å². The van der Waals surface area contributed by atoms with Gasteiger partial charge in [-0.15, -0.1) is 11.3 Å². The van der Waals surface area contributed by atoms with Gasteiger partial charge >= 0.3 is 6.18 Å². The van der Waals surface area contributed by atoms with E-state index in [1.807, 2.05) is 12.1 Å². The average Bonchev–Trinajstić information content (AvgIpc) is 3.21. The van der Waals surface area contributed by atoms with Crippen molar-refractivity contribution in [3.05, 3.63) is 54.7 Å². The van der Waals surface area contributed by atoms with Crippen molar-refractivity contribution in [1.29, 1.82) is 0 Å². The second-order valence-electron chi connectivity index (χ2n) is 4.92. The first-order chi connectivity index (χ1) is 11.5. The predicted molar refractivity (Wildman–Crippen MR) is 82.8 cm³/mol. The molecule has 24 heavy (non-hydrogen) atoms. The number of alkyl halides is 3. The Morgan fingerprint density at radius 3 is 2.71 bits per heavy atom. The molecule has 0 fully saturated rings. The average molecular weight is 347 g/mol. The summed E-state index contributed by atoms with van der Waals surface area (Å²) >= 11 is 1.39. The molecule has 0 saturated heterocycles. The summed E-state index contributed by atoms with van der Waals surface area (Å²) in [6.45, 7) is 0. The van der Waals surface area contributed by atoms with Crippen LogP contribution in [0, 0.1) is 0 Å². The van der Waals surface area contributed by atoms with Crippen LogP contribution in [0.1, 0.15) is 5.69 Å². The van der Waals surface area contributed by atoms with Crippen molar-refractivity contribution in [2.75, 3.05) is 0 Å². The summed E-state index contributed by atoms with van der Waals surface area (Å²) in [5.74, 6) is 0. The van der Waals surface area contributed by atoms with Crippen molar-refractivity contribution < 1.29 is 13.2 Å². The first-order valence-corrected chi connectivity index (χ1v) is 7.62. The van der Waals surface area contributed by atoms with Crippen LogP contribution in [0.15, 0.2) is 49.1 Å². The van der Waals surface area contributed by atoms with E-state index in [-0.39, 0.29) is 0 Å². The molecule has 4 aromatic heterocycles. The molecule has 0 radical (unpaired) electrons. The molecule has 0 atom stereocenters. The Balaban J connectivity index is 1.75. The number of hydrogen-bond donors (Lipinski definition) is 0. The highest BCUT2D eigenvalue weighted by Crippen LogP contribution is 2.31. The Kier molecular flexibility index (Phi) is 3.31. The Bertz CT molecular complexity index is 1010. The van der Waals surface area contributed by atoms with Gasteiger partial charge in [0.2, 0.25) is 0 Å². The predicted octanol–water partition coefficient (Wildman–Crippen LogP) is 3.96. The van der Waals surface area contributed by atoms with Crippen LogP contribution >= 0.6 is 11.3 Å². The molecule has 0 aliphatic carbocycles. The quantitative estimate of drug-likeness (QED) is 0.551. The number of pyridine rings is 2. The van der Waals surface area contributed by atoms with Gasteiger partial charge < -0.3 is 0 Å². The Morgan fingerprint density at radius 1 is 1.12 bits per heavy atom. The van der Waals surface area contributed by atoms with Crippen LogP contribution in [0.5, 0.6) is 0 Å². The van der Waals surface area contributed by atoms with E-state index >= 15 is 0 Å². The van der Waals surface area contributed by atoms with Gasteiger partial charge in [0.15, 0.2) is 11.3 Å². The molecule has 4 heterocycles. The lowest BCUT2D eigenvalue weighted by molar-refractivity contribution is -0.141. The minimum atomic E-state index is -4.47. The second-order valence-corrected chi connectivity index (χ2v) is 5.95. The summed E-state index contributed by atoms with van der Waals surface area (Å²) in [5.41, 5.74) is 0.897. The maximum absolute atomic E-state index is 12.7. The second kappa shape index (κ2) is 5.38. The van der Waals surface area contributed by atoms with Gasteiger partial charge in [0, 0.05) is 24.2 Å². The number of halogens is 3. The van der Waals surface area contributed by atoms with Crippen molar-refractivity contribution in [1.82, 2.24) is 24.7 Å². The maximum Gasteiger partial charge on any atom is 0.435 e. The van der Waals surface area contributed by atoms with Crippen LogP contribution < -0.4 is 0 Å². The molecule has 0 aromatic carbocycles. The molecule has 0 amide bonds. The van der Waals surface area contributed by atoms with Crippen molar-refractivity contribution in [3.8, 4) is 16.3 Å². The van der Waals surface area contributed by atoms with Crippen LogP contribution in [0.4, 0.5) is 13.2 Å². The third-order valence-electron chi connectivity index (χ3n) is 3.29. The highest BCUT2D eigenvalue weighted by Gasteiger charge is 2.33. The van der Waals surface area contributed by atoms with Crippen LogP contribution in [0.2, 0.25) is 0 Å². The molecule has 0 N–H and O–H groups in total. The number of nitrogens with zero attached hydrogens (tertiary/aromatic N) is 5. The zero-order valence-corrected chi connectivity index (χ0v) is 12.7. The monoisotopic (exact) mass is 347 g/mol. The SMILES string of the molecule is FC(F)(F)c1ccn(-c2cnc3nc(-c4cccnc4)sc3c2)n1. The topological polar surface area (TPSA) is 56.5 Å². The normalized spacial score (nSPS) is 12.0. The number of fused-ring (bicyclic) bond motifs is 1. The first kappa shape index (κ1) is 14.8. The van der Waals surface area contributed by atoms with Crippen molar-refractivity contribution >= 4 is 21.7 Å². The highest BCUT2D eigenvalue weighted by atomic mass is 32.1. The van der Waals surface area contributed by atoms with Crippen LogP contribution in [0.25, 0.3) is 26.6 Å². The third-order valence-corrected chi connectivity index (χ3v) is 4.33. The zero-order valence-electron chi connectivity index (χ0n) is 11.9. The van der Waals surface area contributed by atoms with E-state index in [1.54, 1.807) is 18.5 Å². The lowest BCUT2D eigenvalue weighted by Crippen LogP contribution is -2.07. The molecular weight excluding hydrogens is 339 g/mol. The summed E-state index contributed by atoms with van der Waals surface area (Å²) in [7, 11) is 0. The standard InChI is InChI=1S/C15H8F3N5S/c16-15(17,18)12-3-5-23(22-12)10-6-11-13(20-8-10)21-14(24-11)9-2-1-4-19-7-9/h1-8H. The molecule has 5 nitrogen and oxygen atoms in total. The fraction of sp³-hybridized carbons (Fsp3) is 0.0667. The minimum absolute atomic E-state index is 0.444. The van der Waals surface area contributed by atoms with E-state index in [2.05, 4.69) is 20.1 Å². The molecule has 9 heteroatoms. The molecule has 0 aliphatic heterocycles. The van der Waals surface area contributed by atoms with Gasteiger partial charge in [-0.1, -0.05) is 0 Å². The lowest BCUT2D eigenvalue weighted by atomic mass is 10.3. The van der Waals surface area contributed by atoms with Gasteiger partial charge in [-0.3, -0.25) is 4.98 Å². The molecule has 0 saturated carbocycles. The van der Waals surface area contributed by atoms with E-state index in [9.17, 15) is 13.2 Å². The minimum Gasteiger partial charge on any atom is -0.264 e. The fourth-order valence-corrected chi connectivity index (χ4v) is 3.11. The molecule has 0 aliphatic rings. The van der Waals surface area contributed by atoms with Gasteiger partial charge in [-0.2, -0.15) is 18.3 Å². The largest absolute Gasteiger partial charge is 0.435 e. The van der Waals surface area contributed by atoms with Gasteiger partial charge in [0.05, 0.1) is 16.6 Å². The van der Waals surface area contributed by atoms with Gasteiger partial charge in [-0.25, -0.2) is 14.6 Å². The Labute approximate surface area is 137 Å². The van der Waals surface area contributed by atoms with Gasteiger partial charge in [0.25, 0.3) is 0 Å². The smallest absolute Gasteiger partial charge is 0.264 e.